The largest absolute Gasteiger partial charge is 0.357 e. The fourth-order valence-electron chi connectivity index (χ4n) is 1.73. The summed E-state index contributed by atoms with van der Waals surface area (Å²) in [5.41, 5.74) is 0. The molecule has 2 aromatic heterocycles. The molecule has 108 valence electrons. The molecule has 0 aromatic carbocycles. The van der Waals surface area contributed by atoms with Crippen molar-refractivity contribution in [3.8, 4) is 5.95 Å². The summed E-state index contributed by atoms with van der Waals surface area (Å²) in [5, 5.41) is 10.4. The van der Waals surface area contributed by atoms with Crippen molar-refractivity contribution in [2.24, 2.45) is 5.92 Å². The third kappa shape index (κ3) is 3.23. The lowest BCUT2D eigenvalue weighted by Gasteiger charge is -2.20. The first-order valence-electron chi connectivity index (χ1n) is 6.84. The lowest BCUT2D eigenvalue weighted by Crippen LogP contribution is -2.25. The maximum atomic E-state index is 4.41. The van der Waals surface area contributed by atoms with Gasteiger partial charge in [0.25, 0.3) is 5.95 Å². The van der Waals surface area contributed by atoms with Gasteiger partial charge in [0.05, 0.1) is 0 Å². The standard InChI is InChI=1S/C13H21N7/c1-5-9(2)10(3)16-12-17-11(14-4)18-13(19-12)20-8-6-7-15-20/h6-10H,5H2,1-4H3,(H2,14,16,17,18,19). The molecule has 0 spiro atoms. The highest BCUT2D eigenvalue weighted by molar-refractivity contribution is 5.37. The van der Waals surface area contributed by atoms with Gasteiger partial charge in [0, 0.05) is 25.5 Å². The second-order valence-corrected chi connectivity index (χ2v) is 4.80. The maximum absolute atomic E-state index is 4.41. The van der Waals surface area contributed by atoms with E-state index in [0.717, 1.165) is 6.42 Å². The summed E-state index contributed by atoms with van der Waals surface area (Å²) < 4.78 is 1.61. The number of hydrogen-bond donors (Lipinski definition) is 2. The third-order valence-corrected chi connectivity index (χ3v) is 3.41. The first-order chi connectivity index (χ1) is 9.63. The summed E-state index contributed by atoms with van der Waals surface area (Å²) in [7, 11) is 1.78. The van der Waals surface area contributed by atoms with Gasteiger partial charge in [-0.05, 0) is 18.9 Å². The van der Waals surface area contributed by atoms with Gasteiger partial charge in [-0.1, -0.05) is 20.3 Å². The Kier molecular flexibility index (Phi) is 4.49. The molecule has 0 saturated carbocycles. The Morgan fingerprint density at radius 1 is 1.20 bits per heavy atom. The number of hydrogen-bond acceptors (Lipinski definition) is 6. The average molecular weight is 275 g/mol. The van der Waals surface area contributed by atoms with Crippen LogP contribution in [0.2, 0.25) is 0 Å². The lowest BCUT2D eigenvalue weighted by atomic mass is 10.0. The Morgan fingerprint density at radius 2 is 1.95 bits per heavy atom. The quantitative estimate of drug-likeness (QED) is 0.838. The average Bonchev–Trinajstić information content (AvgIpc) is 3.00. The van der Waals surface area contributed by atoms with Crippen molar-refractivity contribution in [3.05, 3.63) is 18.5 Å². The van der Waals surface area contributed by atoms with E-state index in [1.54, 1.807) is 24.1 Å². The van der Waals surface area contributed by atoms with Gasteiger partial charge in [0.2, 0.25) is 11.9 Å². The Labute approximate surface area is 118 Å². The molecule has 2 N–H and O–H groups in total. The molecule has 0 amide bonds. The molecule has 20 heavy (non-hydrogen) atoms. The highest BCUT2D eigenvalue weighted by Gasteiger charge is 2.13. The van der Waals surface area contributed by atoms with E-state index >= 15 is 0 Å². The summed E-state index contributed by atoms with van der Waals surface area (Å²) in [4.78, 5) is 13.0. The van der Waals surface area contributed by atoms with Crippen molar-refractivity contribution in [1.82, 2.24) is 24.7 Å². The predicted octanol–water partition coefficient (Wildman–Crippen LogP) is 1.95. The molecule has 2 rings (SSSR count). The van der Waals surface area contributed by atoms with Gasteiger partial charge in [0.15, 0.2) is 0 Å². The van der Waals surface area contributed by atoms with Crippen LogP contribution in [0.1, 0.15) is 27.2 Å². The smallest absolute Gasteiger partial charge is 0.257 e. The number of nitrogens with zero attached hydrogens (tertiary/aromatic N) is 5. The van der Waals surface area contributed by atoms with Crippen molar-refractivity contribution >= 4 is 11.9 Å². The molecular formula is C13H21N7. The van der Waals surface area contributed by atoms with Crippen LogP contribution in [0, 0.1) is 5.92 Å². The second kappa shape index (κ2) is 6.31. The molecule has 2 atom stereocenters. The Hall–Kier alpha value is -2.18. The molecule has 0 saturated heterocycles. The van der Waals surface area contributed by atoms with Gasteiger partial charge in [-0.15, -0.1) is 0 Å². The SMILES string of the molecule is CCC(C)C(C)Nc1nc(NC)nc(-n2cccn2)n1. The monoisotopic (exact) mass is 275 g/mol. The number of aromatic nitrogens is 5. The van der Waals surface area contributed by atoms with Crippen molar-refractivity contribution in [2.45, 2.75) is 33.2 Å². The van der Waals surface area contributed by atoms with Gasteiger partial charge < -0.3 is 10.6 Å². The molecule has 2 heterocycles. The minimum Gasteiger partial charge on any atom is -0.357 e. The summed E-state index contributed by atoms with van der Waals surface area (Å²) in [6, 6.07) is 2.12. The predicted molar refractivity (Wildman–Crippen MR) is 79.0 cm³/mol. The molecule has 0 aliphatic rings. The maximum Gasteiger partial charge on any atom is 0.257 e. The fraction of sp³-hybridized carbons (Fsp3) is 0.538. The zero-order valence-corrected chi connectivity index (χ0v) is 12.3. The van der Waals surface area contributed by atoms with Gasteiger partial charge in [-0.2, -0.15) is 20.1 Å². The van der Waals surface area contributed by atoms with Crippen LogP contribution in [0.3, 0.4) is 0 Å². The highest BCUT2D eigenvalue weighted by Crippen LogP contribution is 2.14. The molecular weight excluding hydrogens is 254 g/mol. The number of nitrogens with one attached hydrogen (secondary N) is 2. The molecule has 7 nitrogen and oxygen atoms in total. The van der Waals surface area contributed by atoms with Crippen molar-refractivity contribution in [1.29, 1.82) is 0 Å². The number of rotatable bonds is 6. The van der Waals surface area contributed by atoms with Gasteiger partial charge in [-0.3, -0.25) is 0 Å². The van der Waals surface area contributed by atoms with Crippen LogP contribution in [0.5, 0.6) is 0 Å². The van der Waals surface area contributed by atoms with E-state index in [1.807, 2.05) is 6.07 Å². The molecule has 7 heteroatoms. The van der Waals surface area contributed by atoms with E-state index in [2.05, 4.69) is 51.5 Å². The first-order valence-corrected chi connectivity index (χ1v) is 6.84. The molecule has 0 fully saturated rings. The minimum absolute atomic E-state index is 0.289. The van der Waals surface area contributed by atoms with Crippen molar-refractivity contribution in [2.75, 3.05) is 17.7 Å². The Morgan fingerprint density at radius 3 is 2.55 bits per heavy atom. The van der Waals surface area contributed by atoms with E-state index in [-0.39, 0.29) is 6.04 Å². The Balaban J connectivity index is 2.27. The molecule has 0 aliphatic heterocycles. The normalized spacial score (nSPS) is 13.8. The van der Waals surface area contributed by atoms with Crippen LogP contribution in [-0.4, -0.2) is 37.8 Å². The van der Waals surface area contributed by atoms with Crippen molar-refractivity contribution < 1.29 is 0 Å². The van der Waals surface area contributed by atoms with Gasteiger partial charge in [-0.25, -0.2) is 4.68 Å². The molecule has 2 aromatic rings. The van der Waals surface area contributed by atoms with Crippen LogP contribution < -0.4 is 10.6 Å². The van der Waals surface area contributed by atoms with E-state index < -0.39 is 0 Å². The zero-order valence-electron chi connectivity index (χ0n) is 12.3. The third-order valence-electron chi connectivity index (χ3n) is 3.41. The van der Waals surface area contributed by atoms with Crippen LogP contribution in [0.15, 0.2) is 18.5 Å². The highest BCUT2D eigenvalue weighted by atomic mass is 15.4. The minimum atomic E-state index is 0.289. The van der Waals surface area contributed by atoms with E-state index in [4.69, 9.17) is 0 Å². The second-order valence-electron chi connectivity index (χ2n) is 4.80. The first kappa shape index (κ1) is 14.2. The number of anilines is 2. The lowest BCUT2D eigenvalue weighted by molar-refractivity contribution is 0.492. The molecule has 2 unspecified atom stereocenters. The van der Waals surface area contributed by atoms with Crippen LogP contribution in [0.4, 0.5) is 11.9 Å². The van der Waals surface area contributed by atoms with Crippen LogP contribution >= 0.6 is 0 Å². The molecule has 0 radical (unpaired) electrons. The van der Waals surface area contributed by atoms with Crippen LogP contribution in [-0.2, 0) is 0 Å². The van der Waals surface area contributed by atoms with Crippen molar-refractivity contribution in [3.63, 3.8) is 0 Å². The van der Waals surface area contributed by atoms with E-state index in [1.165, 1.54) is 0 Å². The van der Waals surface area contributed by atoms with Gasteiger partial charge >= 0.3 is 0 Å². The summed E-state index contributed by atoms with van der Waals surface area (Å²) in [5.74, 6) is 2.11. The zero-order chi connectivity index (χ0) is 14.5. The fourth-order valence-corrected chi connectivity index (χ4v) is 1.73. The van der Waals surface area contributed by atoms with E-state index in [9.17, 15) is 0 Å². The Bertz CT molecular complexity index is 538. The summed E-state index contributed by atoms with van der Waals surface area (Å²) >= 11 is 0. The van der Waals surface area contributed by atoms with E-state index in [0.29, 0.717) is 23.8 Å². The molecule has 0 bridgehead atoms. The summed E-state index contributed by atoms with van der Waals surface area (Å²) in [6.07, 6.45) is 4.60. The van der Waals surface area contributed by atoms with Crippen LogP contribution in [0.25, 0.3) is 5.95 Å². The van der Waals surface area contributed by atoms with Gasteiger partial charge in [0.1, 0.15) is 0 Å². The topological polar surface area (TPSA) is 80.5 Å². The summed E-state index contributed by atoms with van der Waals surface area (Å²) in [6.45, 7) is 6.50. The molecule has 0 aliphatic carbocycles.